The SMILES string of the molecule is Cc1c(Cl)cccc1N(CC(=O)N(Cc1ccccc1Cl)[C@@H](C)C(=O)NCC(C)C)S(C)(=O)=O. The second kappa shape index (κ2) is 11.9. The number of nitrogens with one attached hydrogen (secondary N) is 1. The fraction of sp³-hybridized carbons (Fsp3) is 0.417. The lowest BCUT2D eigenvalue weighted by Crippen LogP contribution is -2.51. The number of halogens is 2. The summed E-state index contributed by atoms with van der Waals surface area (Å²) in [4.78, 5) is 27.7. The molecular weight excluding hydrogens is 497 g/mol. The van der Waals surface area contributed by atoms with Crippen molar-refractivity contribution in [1.82, 2.24) is 10.2 Å². The van der Waals surface area contributed by atoms with E-state index in [1.54, 1.807) is 56.3 Å². The van der Waals surface area contributed by atoms with Gasteiger partial charge in [-0.15, -0.1) is 0 Å². The highest BCUT2D eigenvalue weighted by Gasteiger charge is 2.31. The Bertz CT molecular complexity index is 1140. The molecule has 2 amide bonds. The van der Waals surface area contributed by atoms with Crippen LogP contribution in [0.5, 0.6) is 0 Å². The molecule has 0 radical (unpaired) electrons. The van der Waals surface area contributed by atoms with Crippen LogP contribution in [-0.2, 0) is 26.2 Å². The lowest BCUT2D eigenvalue weighted by molar-refractivity contribution is -0.139. The molecule has 0 aromatic heterocycles. The molecule has 2 rings (SSSR count). The summed E-state index contributed by atoms with van der Waals surface area (Å²) in [5.41, 5.74) is 1.48. The molecule has 0 aliphatic rings. The highest BCUT2D eigenvalue weighted by molar-refractivity contribution is 7.92. The van der Waals surface area contributed by atoms with Gasteiger partial charge in [0, 0.05) is 23.1 Å². The van der Waals surface area contributed by atoms with E-state index < -0.39 is 28.5 Å². The first-order valence-electron chi connectivity index (χ1n) is 10.9. The summed E-state index contributed by atoms with van der Waals surface area (Å²) in [6, 6.07) is 11.0. The van der Waals surface area contributed by atoms with Crippen LogP contribution >= 0.6 is 23.2 Å². The fourth-order valence-corrected chi connectivity index (χ4v) is 4.57. The molecule has 0 unspecified atom stereocenters. The first-order chi connectivity index (χ1) is 15.8. The Morgan fingerprint density at radius 3 is 2.21 bits per heavy atom. The minimum absolute atomic E-state index is 0.0426. The molecule has 0 bridgehead atoms. The van der Waals surface area contributed by atoms with E-state index >= 15 is 0 Å². The zero-order valence-electron chi connectivity index (χ0n) is 20.0. The molecule has 0 aliphatic heterocycles. The number of hydrogen-bond donors (Lipinski definition) is 1. The Labute approximate surface area is 212 Å². The largest absolute Gasteiger partial charge is 0.354 e. The maximum atomic E-state index is 13.5. The number of carbonyl (C=O) groups is 2. The summed E-state index contributed by atoms with van der Waals surface area (Å²) in [6.07, 6.45) is 1.03. The predicted octanol–water partition coefficient (Wildman–Crippen LogP) is 4.26. The fourth-order valence-electron chi connectivity index (χ4n) is 3.31. The summed E-state index contributed by atoms with van der Waals surface area (Å²) in [5.74, 6) is -0.647. The number of rotatable bonds is 10. The molecule has 7 nitrogen and oxygen atoms in total. The van der Waals surface area contributed by atoms with Gasteiger partial charge in [-0.3, -0.25) is 13.9 Å². The molecule has 0 aliphatic carbocycles. The summed E-state index contributed by atoms with van der Waals surface area (Å²) in [6.45, 7) is 7.23. The zero-order valence-corrected chi connectivity index (χ0v) is 22.3. The van der Waals surface area contributed by atoms with Crippen molar-refractivity contribution in [3.63, 3.8) is 0 Å². The zero-order chi connectivity index (χ0) is 25.6. The molecule has 0 heterocycles. The number of carbonyl (C=O) groups excluding carboxylic acids is 2. The number of benzene rings is 2. The standard InChI is InChI=1S/C24H31Cl2N3O4S/c1-16(2)13-27-24(31)18(4)28(14-19-9-6-7-10-21(19)26)23(30)15-29(34(5,32)33)22-12-8-11-20(25)17(22)3/h6-12,16,18H,13-15H2,1-5H3,(H,27,31)/t18-/m0/s1. The van der Waals surface area contributed by atoms with Crippen LogP contribution in [0.3, 0.4) is 0 Å². The number of sulfonamides is 1. The third kappa shape index (κ3) is 7.35. The molecule has 1 N–H and O–H groups in total. The summed E-state index contributed by atoms with van der Waals surface area (Å²) in [7, 11) is -3.83. The minimum Gasteiger partial charge on any atom is -0.354 e. The lowest BCUT2D eigenvalue weighted by Gasteiger charge is -2.32. The Hall–Kier alpha value is -2.29. The van der Waals surface area contributed by atoms with Gasteiger partial charge in [0.2, 0.25) is 21.8 Å². The van der Waals surface area contributed by atoms with Crippen LogP contribution in [0.2, 0.25) is 10.0 Å². The monoisotopic (exact) mass is 527 g/mol. The Kier molecular flexibility index (Phi) is 9.79. The average molecular weight is 529 g/mol. The van der Waals surface area contributed by atoms with Gasteiger partial charge in [-0.2, -0.15) is 0 Å². The molecule has 1 atom stereocenters. The first kappa shape index (κ1) is 28.0. The maximum absolute atomic E-state index is 13.5. The van der Waals surface area contributed by atoms with Crippen molar-refractivity contribution in [3.8, 4) is 0 Å². The van der Waals surface area contributed by atoms with E-state index in [0.717, 1.165) is 10.6 Å². The number of amides is 2. The van der Waals surface area contributed by atoms with Gasteiger partial charge in [0.1, 0.15) is 12.6 Å². The van der Waals surface area contributed by atoms with Crippen molar-refractivity contribution in [1.29, 1.82) is 0 Å². The molecule has 0 spiro atoms. The van der Waals surface area contributed by atoms with E-state index in [-0.39, 0.29) is 18.4 Å². The predicted molar refractivity (Wildman–Crippen MR) is 138 cm³/mol. The Balaban J connectivity index is 2.43. The van der Waals surface area contributed by atoms with Gasteiger partial charge in [-0.1, -0.05) is 61.3 Å². The van der Waals surface area contributed by atoms with Gasteiger partial charge in [-0.05, 0) is 49.1 Å². The van der Waals surface area contributed by atoms with E-state index in [1.165, 1.54) is 4.90 Å². The number of anilines is 1. The van der Waals surface area contributed by atoms with E-state index in [0.29, 0.717) is 33.4 Å². The molecule has 10 heteroatoms. The molecule has 2 aromatic carbocycles. The third-order valence-electron chi connectivity index (χ3n) is 5.34. The van der Waals surface area contributed by atoms with Crippen molar-refractivity contribution >= 4 is 50.7 Å². The van der Waals surface area contributed by atoms with E-state index in [4.69, 9.17) is 23.2 Å². The van der Waals surface area contributed by atoms with Gasteiger partial charge < -0.3 is 10.2 Å². The maximum Gasteiger partial charge on any atom is 0.244 e. The topological polar surface area (TPSA) is 86.8 Å². The molecular formula is C24H31Cl2N3O4S. The Morgan fingerprint density at radius 1 is 1.00 bits per heavy atom. The van der Waals surface area contributed by atoms with Crippen LogP contribution in [0.25, 0.3) is 0 Å². The number of nitrogens with zero attached hydrogens (tertiary/aromatic N) is 2. The van der Waals surface area contributed by atoms with Gasteiger partial charge in [-0.25, -0.2) is 8.42 Å². The normalized spacial score (nSPS) is 12.4. The van der Waals surface area contributed by atoms with Crippen LogP contribution in [0.4, 0.5) is 5.69 Å². The first-order valence-corrected chi connectivity index (χ1v) is 13.5. The van der Waals surface area contributed by atoms with E-state index in [1.807, 2.05) is 13.8 Å². The molecule has 0 saturated carbocycles. The smallest absolute Gasteiger partial charge is 0.244 e. The van der Waals surface area contributed by atoms with Crippen LogP contribution < -0.4 is 9.62 Å². The second-order valence-electron chi connectivity index (χ2n) is 8.58. The van der Waals surface area contributed by atoms with Gasteiger partial charge >= 0.3 is 0 Å². The van der Waals surface area contributed by atoms with Crippen LogP contribution in [0.1, 0.15) is 31.9 Å². The molecule has 0 fully saturated rings. The van der Waals surface area contributed by atoms with E-state index in [2.05, 4.69) is 5.32 Å². The summed E-state index contributed by atoms with van der Waals surface area (Å²) < 4.78 is 26.3. The molecule has 186 valence electrons. The van der Waals surface area contributed by atoms with Crippen LogP contribution in [0, 0.1) is 12.8 Å². The van der Waals surface area contributed by atoms with Gasteiger partial charge in [0.25, 0.3) is 0 Å². The van der Waals surface area contributed by atoms with Crippen LogP contribution in [-0.4, -0.2) is 50.5 Å². The number of hydrogen-bond acceptors (Lipinski definition) is 4. The Morgan fingerprint density at radius 2 is 1.62 bits per heavy atom. The van der Waals surface area contributed by atoms with Crippen molar-refractivity contribution in [2.45, 2.75) is 40.3 Å². The quantitative estimate of drug-likeness (QED) is 0.500. The molecule has 2 aromatic rings. The molecule has 0 saturated heterocycles. The summed E-state index contributed by atoms with van der Waals surface area (Å²) >= 11 is 12.5. The van der Waals surface area contributed by atoms with Gasteiger partial charge in [0.15, 0.2) is 0 Å². The lowest BCUT2D eigenvalue weighted by atomic mass is 10.1. The minimum atomic E-state index is -3.83. The highest BCUT2D eigenvalue weighted by atomic mass is 35.5. The van der Waals surface area contributed by atoms with Crippen molar-refractivity contribution in [2.24, 2.45) is 5.92 Å². The molecule has 34 heavy (non-hydrogen) atoms. The van der Waals surface area contributed by atoms with E-state index in [9.17, 15) is 18.0 Å². The van der Waals surface area contributed by atoms with Crippen molar-refractivity contribution in [3.05, 3.63) is 63.6 Å². The second-order valence-corrected chi connectivity index (χ2v) is 11.3. The van der Waals surface area contributed by atoms with Crippen LogP contribution in [0.15, 0.2) is 42.5 Å². The van der Waals surface area contributed by atoms with Gasteiger partial charge in [0.05, 0.1) is 11.9 Å². The van der Waals surface area contributed by atoms with Crippen molar-refractivity contribution < 1.29 is 18.0 Å². The third-order valence-corrected chi connectivity index (χ3v) is 7.24. The van der Waals surface area contributed by atoms with Crippen molar-refractivity contribution in [2.75, 3.05) is 23.7 Å². The summed E-state index contributed by atoms with van der Waals surface area (Å²) in [5, 5.41) is 3.66. The highest BCUT2D eigenvalue weighted by Crippen LogP contribution is 2.28. The average Bonchev–Trinajstić information content (AvgIpc) is 2.76.